The molecule has 78 valence electrons. The number of benzene rings is 1. The maximum absolute atomic E-state index is 12.8. The summed E-state index contributed by atoms with van der Waals surface area (Å²) in [6, 6.07) is 4.45. The Labute approximate surface area is 98.5 Å². The minimum Gasteiger partial charge on any atom is -0.391 e. The van der Waals surface area contributed by atoms with Crippen molar-refractivity contribution in [2.75, 3.05) is 0 Å². The molecule has 0 aliphatic carbocycles. The first-order chi connectivity index (χ1) is 7.20. The molecule has 0 unspecified atom stereocenters. The summed E-state index contributed by atoms with van der Waals surface area (Å²) in [6.45, 7) is -0.0174. The first kappa shape index (κ1) is 10.7. The van der Waals surface area contributed by atoms with Crippen LogP contribution in [-0.4, -0.2) is 10.1 Å². The molecule has 5 heteroatoms. The molecule has 0 atom stereocenters. The molecule has 0 saturated heterocycles. The van der Waals surface area contributed by atoms with Crippen LogP contribution in [0.3, 0.4) is 0 Å². The summed E-state index contributed by atoms with van der Waals surface area (Å²) < 4.78 is 13.5. The van der Waals surface area contributed by atoms with E-state index >= 15 is 0 Å². The van der Waals surface area contributed by atoms with E-state index in [0.29, 0.717) is 4.47 Å². The molecule has 0 radical (unpaired) electrons. The van der Waals surface area contributed by atoms with Gasteiger partial charge in [0.1, 0.15) is 10.8 Å². The number of nitrogens with zero attached hydrogens (tertiary/aromatic N) is 1. The van der Waals surface area contributed by atoms with Crippen LogP contribution in [0.5, 0.6) is 0 Å². The summed E-state index contributed by atoms with van der Waals surface area (Å²) in [6.07, 6.45) is 1.62. The van der Waals surface area contributed by atoms with E-state index in [1.165, 1.54) is 23.5 Å². The van der Waals surface area contributed by atoms with E-state index in [1.54, 1.807) is 12.3 Å². The Morgan fingerprint density at radius 3 is 2.87 bits per heavy atom. The van der Waals surface area contributed by atoms with Crippen LogP contribution in [0.15, 0.2) is 28.9 Å². The third kappa shape index (κ3) is 2.25. The normalized spacial score (nSPS) is 10.6. The lowest BCUT2D eigenvalue weighted by atomic mass is 10.2. The lowest BCUT2D eigenvalue weighted by Gasteiger charge is -1.99. The number of halogens is 2. The van der Waals surface area contributed by atoms with Gasteiger partial charge in [-0.15, -0.1) is 11.3 Å². The van der Waals surface area contributed by atoms with Gasteiger partial charge < -0.3 is 5.11 Å². The molecule has 0 saturated carbocycles. The molecular formula is C10H7BrFNOS. The van der Waals surface area contributed by atoms with Crippen LogP contribution in [0.4, 0.5) is 4.39 Å². The SMILES string of the molecule is OCc1cnc(-c2ccc(F)cc2Br)s1. The first-order valence-corrected chi connectivity index (χ1v) is 5.82. The van der Waals surface area contributed by atoms with Crippen LogP contribution in [0.1, 0.15) is 4.88 Å². The lowest BCUT2D eigenvalue weighted by molar-refractivity contribution is 0.285. The van der Waals surface area contributed by atoms with Gasteiger partial charge >= 0.3 is 0 Å². The molecule has 0 aliphatic rings. The average molecular weight is 288 g/mol. The quantitative estimate of drug-likeness (QED) is 0.920. The van der Waals surface area contributed by atoms with Crippen LogP contribution in [0.2, 0.25) is 0 Å². The Balaban J connectivity index is 2.44. The summed E-state index contributed by atoms with van der Waals surface area (Å²) >= 11 is 4.67. The van der Waals surface area contributed by atoms with Gasteiger partial charge in [0.2, 0.25) is 0 Å². The third-order valence-electron chi connectivity index (χ3n) is 1.87. The minimum atomic E-state index is -0.287. The maximum atomic E-state index is 12.8. The molecule has 1 aromatic heterocycles. The van der Waals surface area contributed by atoms with Gasteiger partial charge in [0.15, 0.2) is 0 Å². The van der Waals surface area contributed by atoms with Gasteiger partial charge in [-0.05, 0) is 34.1 Å². The fraction of sp³-hybridized carbons (Fsp3) is 0.100. The van der Waals surface area contributed by atoms with Gasteiger partial charge in [-0.3, -0.25) is 0 Å². The Kier molecular flexibility index (Phi) is 3.14. The minimum absolute atomic E-state index is 0.0174. The van der Waals surface area contributed by atoms with Crippen molar-refractivity contribution in [2.24, 2.45) is 0 Å². The van der Waals surface area contributed by atoms with Gasteiger partial charge in [0, 0.05) is 16.2 Å². The fourth-order valence-corrected chi connectivity index (χ4v) is 2.65. The summed E-state index contributed by atoms with van der Waals surface area (Å²) in [7, 11) is 0. The average Bonchev–Trinajstić information content (AvgIpc) is 2.66. The molecule has 0 amide bonds. The van der Waals surface area contributed by atoms with E-state index in [-0.39, 0.29) is 12.4 Å². The highest BCUT2D eigenvalue weighted by Crippen LogP contribution is 2.31. The highest BCUT2D eigenvalue weighted by atomic mass is 79.9. The van der Waals surface area contributed by atoms with Crippen LogP contribution >= 0.6 is 27.3 Å². The molecule has 15 heavy (non-hydrogen) atoms. The molecule has 2 nitrogen and oxygen atoms in total. The van der Waals surface area contributed by atoms with Crippen molar-refractivity contribution >= 4 is 27.3 Å². The fourth-order valence-electron chi connectivity index (χ4n) is 1.17. The van der Waals surface area contributed by atoms with Crippen molar-refractivity contribution in [3.05, 3.63) is 39.6 Å². The number of aliphatic hydroxyl groups excluding tert-OH is 1. The van der Waals surface area contributed by atoms with E-state index in [1.807, 2.05) is 0 Å². The number of rotatable bonds is 2. The lowest BCUT2D eigenvalue weighted by Crippen LogP contribution is -1.80. The van der Waals surface area contributed by atoms with Crippen molar-refractivity contribution in [3.8, 4) is 10.6 Å². The zero-order valence-corrected chi connectivity index (χ0v) is 9.98. The van der Waals surface area contributed by atoms with E-state index in [2.05, 4.69) is 20.9 Å². The molecule has 2 aromatic rings. The van der Waals surface area contributed by atoms with Gasteiger partial charge in [0.05, 0.1) is 11.5 Å². The zero-order valence-electron chi connectivity index (χ0n) is 7.58. The van der Waals surface area contributed by atoms with Crippen molar-refractivity contribution in [1.82, 2.24) is 4.98 Å². The Bertz CT molecular complexity index is 486. The van der Waals surface area contributed by atoms with Gasteiger partial charge in [-0.25, -0.2) is 9.37 Å². The summed E-state index contributed by atoms with van der Waals surface area (Å²) in [5, 5.41) is 9.68. The van der Waals surface area contributed by atoms with Crippen LogP contribution < -0.4 is 0 Å². The second kappa shape index (κ2) is 4.38. The largest absolute Gasteiger partial charge is 0.391 e. The van der Waals surface area contributed by atoms with Gasteiger partial charge in [-0.2, -0.15) is 0 Å². The number of thiazole rings is 1. The highest BCUT2D eigenvalue weighted by molar-refractivity contribution is 9.10. The summed E-state index contributed by atoms with van der Waals surface area (Å²) in [4.78, 5) is 4.95. The first-order valence-electron chi connectivity index (χ1n) is 4.21. The van der Waals surface area contributed by atoms with E-state index < -0.39 is 0 Å². The predicted molar refractivity (Wildman–Crippen MR) is 61.1 cm³/mol. The van der Waals surface area contributed by atoms with Crippen molar-refractivity contribution in [2.45, 2.75) is 6.61 Å². The zero-order chi connectivity index (χ0) is 10.8. The van der Waals surface area contributed by atoms with Crippen LogP contribution in [-0.2, 0) is 6.61 Å². The van der Waals surface area contributed by atoms with Gasteiger partial charge in [0.25, 0.3) is 0 Å². The Hall–Kier alpha value is -0.780. The third-order valence-corrected chi connectivity index (χ3v) is 3.54. The second-order valence-electron chi connectivity index (χ2n) is 2.91. The van der Waals surface area contributed by atoms with Crippen molar-refractivity contribution < 1.29 is 9.50 Å². The molecule has 2 rings (SSSR count). The highest BCUT2D eigenvalue weighted by Gasteiger charge is 2.08. The topological polar surface area (TPSA) is 33.1 Å². The summed E-state index contributed by atoms with van der Waals surface area (Å²) in [5.41, 5.74) is 0.834. The maximum Gasteiger partial charge on any atom is 0.124 e. The van der Waals surface area contributed by atoms with Crippen molar-refractivity contribution in [1.29, 1.82) is 0 Å². The Morgan fingerprint density at radius 2 is 2.27 bits per heavy atom. The summed E-state index contributed by atoms with van der Waals surface area (Å²) in [5.74, 6) is -0.287. The van der Waals surface area contributed by atoms with Crippen molar-refractivity contribution in [3.63, 3.8) is 0 Å². The number of aliphatic hydroxyl groups is 1. The number of hydrogen-bond acceptors (Lipinski definition) is 3. The van der Waals surface area contributed by atoms with Gasteiger partial charge in [-0.1, -0.05) is 0 Å². The molecule has 1 aromatic carbocycles. The number of hydrogen-bond donors (Lipinski definition) is 1. The molecule has 0 spiro atoms. The molecule has 0 aliphatic heterocycles. The monoisotopic (exact) mass is 287 g/mol. The van der Waals surface area contributed by atoms with E-state index in [9.17, 15) is 4.39 Å². The predicted octanol–water partition coefficient (Wildman–Crippen LogP) is 3.20. The molecular weight excluding hydrogens is 281 g/mol. The van der Waals surface area contributed by atoms with Crippen LogP contribution in [0, 0.1) is 5.82 Å². The Morgan fingerprint density at radius 1 is 1.47 bits per heavy atom. The molecule has 1 N–H and O–H groups in total. The second-order valence-corrected chi connectivity index (χ2v) is 4.88. The molecule has 0 fully saturated rings. The number of aromatic nitrogens is 1. The molecule has 1 heterocycles. The van der Waals surface area contributed by atoms with E-state index in [4.69, 9.17) is 5.11 Å². The van der Waals surface area contributed by atoms with E-state index in [0.717, 1.165) is 15.4 Å². The van der Waals surface area contributed by atoms with Crippen LogP contribution in [0.25, 0.3) is 10.6 Å². The standard InChI is InChI=1S/C10H7BrFNOS/c11-9-3-6(12)1-2-8(9)10-13-4-7(5-14)15-10/h1-4,14H,5H2. The smallest absolute Gasteiger partial charge is 0.124 e. The molecule has 0 bridgehead atoms.